The molecule has 1 N–H and O–H groups in total. The molecule has 0 atom stereocenters. The van der Waals surface area contributed by atoms with E-state index in [1.807, 2.05) is 19.1 Å². The van der Waals surface area contributed by atoms with Crippen LogP contribution < -0.4 is 14.8 Å². The number of anilines is 2. The zero-order valence-corrected chi connectivity index (χ0v) is 21.1. The maximum Gasteiger partial charge on any atom is 0.317 e. The van der Waals surface area contributed by atoms with Gasteiger partial charge in [0.05, 0.1) is 31.1 Å². The summed E-state index contributed by atoms with van der Waals surface area (Å²) in [7, 11) is 1.74. The Balaban J connectivity index is 1.19. The zero-order chi connectivity index (χ0) is 27.1. The van der Waals surface area contributed by atoms with Gasteiger partial charge in [-0.05, 0) is 36.8 Å². The highest BCUT2D eigenvalue weighted by molar-refractivity contribution is 5.88. The van der Waals surface area contributed by atoms with Crippen LogP contribution in [-0.2, 0) is 11.8 Å². The second-order valence-electron chi connectivity index (χ2n) is 9.13. The molecular formula is C27H23FN8O3. The van der Waals surface area contributed by atoms with Crippen molar-refractivity contribution in [3.05, 3.63) is 73.2 Å². The largest absolute Gasteiger partial charge is 0.457 e. The van der Waals surface area contributed by atoms with Crippen molar-refractivity contribution in [3.63, 3.8) is 0 Å². The summed E-state index contributed by atoms with van der Waals surface area (Å²) in [6.45, 7) is 6.27. The van der Waals surface area contributed by atoms with Gasteiger partial charge in [-0.3, -0.25) is 4.79 Å². The summed E-state index contributed by atoms with van der Waals surface area (Å²) in [5.74, 6) is 0.865. The number of aromatic nitrogens is 6. The normalized spacial score (nSPS) is 13.4. The number of carbonyl (C=O) groups excluding carboxylic acids is 1. The van der Waals surface area contributed by atoms with Crippen LogP contribution in [0.1, 0.15) is 5.56 Å². The van der Waals surface area contributed by atoms with E-state index < -0.39 is 5.82 Å². The summed E-state index contributed by atoms with van der Waals surface area (Å²) in [5.41, 5.74) is 3.53. The molecule has 0 saturated carbocycles. The first kappa shape index (κ1) is 24.2. The first-order valence-electron chi connectivity index (χ1n) is 12.1. The van der Waals surface area contributed by atoms with Crippen molar-refractivity contribution in [2.45, 2.75) is 13.0 Å². The van der Waals surface area contributed by atoms with Crippen LogP contribution in [0.15, 0.2) is 61.8 Å². The molecule has 0 aliphatic carbocycles. The topological polar surface area (TPSA) is 120 Å². The molecular weight excluding hydrogens is 503 g/mol. The lowest BCUT2D eigenvalue weighted by Crippen LogP contribution is -2.55. The summed E-state index contributed by atoms with van der Waals surface area (Å²) in [6, 6.07) is 8.72. The maximum atomic E-state index is 14.6. The first-order valence-corrected chi connectivity index (χ1v) is 12.1. The van der Waals surface area contributed by atoms with E-state index in [9.17, 15) is 9.18 Å². The molecule has 12 heteroatoms. The number of hydrogen-bond acceptors (Lipinski definition) is 9. The molecule has 1 fully saturated rings. The first-order chi connectivity index (χ1) is 18.9. The fraction of sp³-hybridized carbons (Fsp3) is 0.185. The zero-order valence-electron chi connectivity index (χ0n) is 21.1. The van der Waals surface area contributed by atoms with Crippen molar-refractivity contribution >= 4 is 39.5 Å². The molecule has 0 radical (unpaired) electrons. The van der Waals surface area contributed by atoms with Gasteiger partial charge in [-0.25, -0.2) is 24.3 Å². The number of fused-ring (bicyclic) bond motifs is 2. The van der Waals surface area contributed by atoms with Crippen molar-refractivity contribution < 1.29 is 18.7 Å². The highest BCUT2D eigenvalue weighted by Gasteiger charge is 2.31. The predicted octanol–water partition coefficient (Wildman–Crippen LogP) is 4.07. The smallest absolute Gasteiger partial charge is 0.317 e. The molecule has 1 aliphatic heterocycles. The van der Waals surface area contributed by atoms with Crippen LogP contribution >= 0.6 is 0 Å². The molecule has 39 heavy (non-hydrogen) atoms. The van der Waals surface area contributed by atoms with Crippen LogP contribution in [0.5, 0.6) is 17.5 Å². The number of carbonyl (C=O) groups is 1. The Labute approximate surface area is 222 Å². The van der Waals surface area contributed by atoms with Gasteiger partial charge in [0.1, 0.15) is 40.5 Å². The molecule has 1 aliphatic rings. The Kier molecular flexibility index (Phi) is 5.98. The Hall–Kier alpha value is -5.13. The highest BCUT2D eigenvalue weighted by Crippen LogP contribution is 2.32. The second kappa shape index (κ2) is 9.63. The fourth-order valence-corrected chi connectivity index (χ4v) is 4.34. The lowest BCUT2D eigenvalue weighted by Gasteiger charge is -2.37. The summed E-state index contributed by atoms with van der Waals surface area (Å²) in [5, 5.41) is 3.26. The minimum Gasteiger partial charge on any atom is -0.457 e. The van der Waals surface area contributed by atoms with E-state index in [0.717, 1.165) is 11.3 Å². The molecule has 1 amide bonds. The molecule has 0 unspecified atom stereocenters. The van der Waals surface area contributed by atoms with Gasteiger partial charge >= 0.3 is 6.01 Å². The number of ether oxygens (including phenoxy) is 2. The Morgan fingerprint density at radius 3 is 2.79 bits per heavy atom. The average Bonchev–Trinajstić information content (AvgIpc) is 3.28. The van der Waals surface area contributed by atoms with E-state index in [4.69, 9.17) is 9.47 Å². The van der Waals surface area contributed by atoms with Gasteiger partial charge < -0.3 is 24.3 Å². The molecule has 2 aromatic carbocycles. The summed E-state index contributed by atoms with van der Waals surface area (Å²) >= 11 is 0. The van der Waals surface area contributed by atoms with E-state index in [0.29, 0.717) is 52.5 Å². The number of likely N-dealkylation sites (tertiary alicyclic amines) is 1. The molecule has 0 spiro atoms. The summed E-state index contributed by atoms with van der Waals surface area (Å²) < 4.78 is 28.0. The van der Waals surface area contributed by atoms with Gasteiger partial charge in [-0.15, -0.1) is 0 Å². The summed E-state index contributed by atoms with van der Waals surface area (Å²) in [4.78, 5) is 34.8. The number of rotatable bonds is 7. The lowest BCUT2D eigenvalue weighted by atomic mass is 10.1. The lowest BCUT2D eigenvalue weighted by molar-refractivity contribution is -0.134. The number of halogens is 1. The van der Waals surface area contributed by atoms with Crippen LogP contribution in [0.3, 0.4) is 0 Å². The average molecular weight is 527 g/mol. The van der Waals surface area contributed by atoms with Gasteiger partial charge in [0.15, 0.2) is 11.6 Å². The van der Waals surface area contributed by atoms with Crippen molar-refractivity contribution in [3.8, 4) is 17.5 Å². The van der Waals surface area contributed by atoms with E-state index in [1.165, 1.54) is 18.5 Å². The molecule has 0 bridgehead atoms. The Morgan fingerprint density at radius 1 is 1.15 bits per heavy atom. The summed E-state index contributed by atoms with van der Waals surface area (Å²) in [6.07, 6.45) is 5.63. The van der Waals surface area contributed by atoms with E-state index in [2.05, 4.69) is 36.8 Å². The van der Waals surface area contributed by atoms with E-state index in [-0.39, 0.29) is 18.0 Å². The number of amides is 1. The van der Waals surface area contributed by atoms with Gasteiger partial charge in [0.2, 0.25) is 5.91 Å². The van der Waals surface area contributed by atoms with Gasteiger partial charge in [0, 0.05) is 24.9 Å². The number of hydrogen-bond donors (Lipinski definition) is 1. The molecule has 6 rings (SSSR count). The third-order valence-corrected chi connectivity index (χ3v) is 6.37. The van der Waals surface area contributed by atoms with Gasteiger partial charge in [0.25, 0.3) is 0 Å². The minimum atomic E-state index is -0.403. The Bertz CT molecular complexity index is 1750. The molecule has 11 nitrogen and oxygen atoms in total. The number of aryl methyl sites for hydroxylation is 2. The Morgan fingerprint density at radius 2 is 2.00 bits per heavy atom. The van der Waals surface area contributed by atoms with Gasteiger partial charge in [-0.2, -0.15) is 4.98 Å². The van der Waals surface area contributed by atoms with Crippen molar-refractivity contribution in [2.75, 3.05) is 18.4 Å². The van der Waals surface area contributed by atoms with Crippen molar-refractivity contribution in [2.24, 2.45) is 7.05 Å². The van der Waals surface area contributed by atoms with Gasteiger partial charge in [-0.1, -0.05) is 6.58 Å². The minimum absolute atomic E-state index is 0.137. The molecule has 1 saturated heterocycles. The number of nitrogens with zero attached hydrogens (tertiary/aromatic N) is 7. The third-order valence-electron chi connectivity index (χ3n) is 6.37. The monoisotopic (exact) mass is 526 g/mol. The number of benzene rings is 2. The van der Waals surface area contributed by atoms with E-state index >= 15 is 0 Å². The van der Waals surface area contributed by atoms with Crippen molar-refractivity contribution in [1.82, 2.24) is 34.4 Å². The predicted molar refractivity (Wildman–Crippen MR) is 142 cm³/mol. The van der Waals surface area contributed by atoms with Crippen LogP contribution in [0.25, 0.3) is 22.1 Å². The van der Waals surface area contributed by atoms with Crippen LogP contribution in [-0.4, -0.2) is 59.5 Å². The number of nitrogens with one attached hydrogen (secondary N) is 1. The molecule has 3 aromatic heterocycles. The van der Waals surface area contributed by atoms with Crippen molar-refractivity contribution in [1.29, 1.82) is 0 Å². The third kappa shape index (κ3) is 4.67. The second-order valence-corrected chi connectivity index (χ2v) is 9.13. The molecule has 5 aromatic rings. The number of imidazole rings is 1. The molecule has 4 heterocycles. The standard InChI is InChI=1S/C27H23FN8O3/c1-4-23(37)36-11-18(12-36)39-27-29-10-21-24(34-27)26(31-13-30-21)33-16-5-6-22(15(2)7-16)38-17-8-19(28)25-20(9-17)32-14-35(25)3/h4-10,13-14,18H,1,11-12H2,2-3H3,(H,30,31,33). The van der Waals surface area contributed by atoms with Crippen LogP contribution in [0.4, 0.5) is 15.9 Å². The van der Waals surface area contributed by atoms with Crippen LogP contribution in [0, 0.1) is 12.7 Å². The van der Waals surface area contributed by atoms with Crippen LogP contribution in [0.2, 0.25) is 0 Å². The molecule has 196 valence electrons. The maximum absolute atomic E-state index is 14.6. The fourth-order valence-electron chi connectivity index (χ4n) is 4.34. The SMILES string of the molecule is C=CC(=O)N1CC(Oc2ncc3ncnc(Nc4ccc(Oc5cc(F)c6c(c5)ncn6C)c(C)c4)c3n2)C1. The quantitative estimate of drug-likeness (QED) is 0.313. The highest BCUT2D eigenvalue weighted by atomic mass is 19.1. The van der Waals surface area contributed by atoms with E-state index in [1.54, 1.807) is 41.2 Å².